The van der Waals surface area contributed by atoms with Gasteiger partial charge in [0.05, 0.1) is 11.4 Å². The van der Waals surface area contributed by atoms with Crippen molar-refractivity contribution in [2.24, 2.45) is 0 Å². The number of rotatable bonds is 4. The van der Waals surface area contributed by atoms with Crippen molar-refractivity contribution in [3.63, 3.8) is 0 Å². The zero-order valence-electron chi connectivity index (χ0n) is 9.52. The monoisotopic (exact) mass is 229 g/mol. The normalized spacial score (nSPS) is 14.8. The first-order valence-electron chi connectivity index (χ1n) is 5.84. The van der Waals surface area contributed by atoms with Gasteiger partial charge in [0.2, 0.25) is 0 Å². The third-order valence-electron chi connectivity index (χ3n) is 2.90. The number of ether oxygens (including phenoxy) is 1. The molecule has 0 atom stereocenters. The van der Waals surface area contributed by atoms with Gasteiger partial charge in [-0.15, -0.1) is 0 Å². The molecule has 3 N–H and O–H groups in total. The Kier molecular flexibility index (Phi) is 2.48. The van der Waals surface area contributed by atoms with Crippen LogP contribution in [0.1, 0.15) is 30.1 Å². The predicted octanol–water partition coefficient (Wildman–Crippen LogP) is 2.45. The van der Waals surface area contributed by atoms with Crippen LogP contribution in [0.25, 0.3) is 0 Å². The minimum atomic E-state index is 0.503. The molecule has 0 spiro atoms. The Morgan fingerprint density at radius 2 is 2.24 bits per heavy atom. The first-order valence-corrected chi connectivity index (χ1v) is 5.84. The highest BCUT2D eigenvalue weighted by Crippen LogP contribution is 2.39. The summed E-state index contributed by atoms with van der Waals surface area (Å²) in [6.07, 6.45) is 2.53. The molecule has 1 aromatic carbocycles. The molecule has 2 aromatic rings. The van der Waals surface area contributed by atoms with Crippen molar-refractivity contribution in [3.05, 3.63) is 41.7 Å². The number of nitrogens with one attached hydrogen (secondary N) is 1. The molecule has 0 saturated heterocycles. The van der Waals surface area contributed by atoms with Crippen LogP contribution < -0.4 is 10.5 Å². The molecule has 0 amide bonds. The van der Waals surface area contributed by atoms with Gasteiger partial charge in [-0.25, -0.2) is 0 Å². The van der Waals surface area contributed by atoms with E-state index in [1.807, 2.05) is 24.3 Å². The van der Waals surface area contributed by atoms with Gasteiger partial charge in [0.1, 0.15) is 12.4 Å². The molecule has 4 nitrogen and oxygen atoms in total. The zero-order chi connectivity index (χ0) is 11.7. The first kappa shape index (κ1) is 10.2. The Morgan fingerprint density at radius 1 is 1.35 bits per heavy atom. The van der Waals surface area contributed by atoms with Crippen LogP contribution in [0.5, 0.6) is 5.75 Å². The largest absolute Gasteiger partial charge is 0.487 e. The fourth-order valence-corrected chi connectivity index (χ4v) is 1.81. The quantitative estimate of drug-likeness (QED) is 0.791. The number of nitrogens with two attached hydrogens (primary N) is 1. The molecule has 4 heteroatoms. The maximum Gasteiger partial charge on any atom is 0.130 e. The summed E-state index contributed by atoms with van der Waals surface area (Å²) in [4.78, 5) is 0. The van der Waals surface area contributed by atoms with Gasteiger partial charge in [-0.3, -0.25) is 5.10 Å². The second-order valence-electron chi connectivity index (χ2n) is 4.45. The van der Waals surface area contributed by atoms with Crippen LogP contribution in [-0.4, -0.2) is 10.2 Å². The van der Waals surface area contributed by atoms with E-state index in [-0.39, 0.29) is 0 Å². The van der Waals surface area contributed by atoms with Crippen LogP contribution >= 0.6 is 0 Å². The second-order valence-corrected chi connectivity index (χ2v) is 4.45. The number of anilines is 1. The minimum absolute atomic E-state index is 0.503. The van der Waals surface area contributed by atoms with Crippen LogP contribution in [0.2, 0.25) is 0 Å². The summed E-state index contributed by atoms with van der Waals surface area (Å²) in [7, 11) is 0. The number of H-pyrrole nitrogens is 1. The van der Waals surface area contributed by atoms with E-state index in [1.165, 1.54) is 12.8 Å². The fourth-order valence-electron chi connectivity index (χ4n) is 1.81. The number of benzene rings is 1. The molecule has 0 bridgehead atoms. The molecule has 3 rings (SSSR count). The second kappa shape index (κ2) is 4.13. The molecule has 0 aliphatic heterocycles. The molecule has 1 saturated carbocycles. The zero-order valence-corrected chi connectivity index (χ0v) is 9.52. The van der Waals surface area contributed by atoms with Crippen molar-refractivity contribution in [1.29, 1.82) is 0 Å². The smallest absolute Gasteiger partial charge is 0.130 e. The third kappa shape index (κ3) is 2.41. The molecular weight excluding hydrogens is 214 g/mol. The lowest BCUT2D eigenvalue weighted by Gasteiger charge is -2.04. The summed E-state index contributed by atoms with van der Waals surface area (Å²) in [6.45, 7) is 0.503. The summed E-state index contributed by atoms with van der Waals surface area (Å²) in [5, 5.41) is 7.28. The topological polar surface area (TPSA) is 63.9 Å². The Balaban J connectivity index is 1.62. The number of nitrogens with zero attached hydrogens (tertiary/aromatic N) is 1. The van der Waals surface area contributed by atoms with Crippen LogP contribution in [0, 0.1) is 0 Å². The van der Waals surface area contributed by atoms with Crippen LogP contribution in [0.15, 0.2) is 30.3 Å². The summed E-state index contributed by atoms with van der Waals surface area (Å²) in [5.74, 6) is 1.46. The van der Waals surface area contributed by atoms with Gasteiger partial charge < -0.3 is 10.5 Å². The van der Waals surface area contributed by atoms with Gasteiger partial charge >= 0.3 is 0 Å². The molecule has 0 unspecified atom stereocenters. The highest BCUT2D eigenvalue weighted by molar-refractivity contribution is 5.43. The van der Waals surface area contributed by atoms with Gasteiger partial charge in [-0.2, -0.15) is 5.10 Å². The average Bonchev–Trinajstić information content (AvgIpc) is 3.07. The van der Waals surface area contributed by atoms with E-state index in [9.17, 15) is 0 Å². The maximum atomic E-state index is 5.68. The van der Waals surface area contributed by atoms with Gasteiger partial charge in [-0.1, -0.05) is 6.07 Å². The van der Waals surface area contributed by atoms with Crippen molar-refractivity contribution in [2.45, 2.75) is 25.4 Å². The van der Waals surface area contributed by atoms with E-state index in [1.54, 1.807) is 0 Å². The first-order chi connectivity index (χ1) is 8.31. The van der Waals surface area contributed by atoms with E-state index in [0.717, 1.165) is 17.1 Å². The highest BCUT2D eigenvalue weighted by Gasteiger charge is 2.25. The van der Waals surface area contributed by atoms with Gasteiger partial charge in [0.15, 0.2) is 0 Å². The molecule has 1 fully saturated rings. The third-order valence-corrected chi connectivity index (χ3v) is 2.90. The van der Waals surface area contributed by atoms with Gasteiger partial charge in [-0.05, 0) is 31.0 Å². The van der Waals surface area contributed by atoms with Crippen LogP contribution in [0.4, 0.5) is 5.69 Å². The van der Waals surface area contributed by atoms with Crippen molar-refractivity contribution in [1.82, 2.24) is 10.2 Å². The molecule has 0 radical (unpaired) electrons. The summed E-state index contributed by atoms with van der Waals surface area (Å²) in [5.41, 5.74) is 8.56. The molecular formula is C13H15N3O. The Labute approximate surface area is 99.8 Å². The molecule has 1 aliphatic carbocycles. The number of hydrogen-bond donors (Lipinski definition) is 2. The molecule has 88 valence electrons. The van der Waals surface area contributed by atoms with Crippen molar-refractivity contribution in [3.8, 4) is 5.75 Å². The Hall–Kier alpha value is -1.97. The van der Waals surface area contributed by atoms with Gasteiger partial charge in [0, 0.05) is 17.7 Å². The van der Waals surface area contributed by atoms with Crippen molar-refractivity contribution >= 4 is 5.69 Å². The lowest BCUT2D eigenvalue weighted by atomic mass is 10.3. The Bertz CT molecular complexity index is 517. The van der Waals surface area contributed by atoms with Crippen LogP contribution in [-0.2, 0) is 6.61 Å². The number of nitrogen functional groups attached to an aromatic ring is 1. The molecule has 1 heterocycles. The maximum absolute atomic E-state index is 5.68. The lowest BCUT2D eigenvalue weighted by Crippen LogP contribution is -1.96. The van der Waals surface area contributed by atoms with E-state index in [2.05, 4.69) is 16.3 Å². The van der Waals surface area contributed by atoms with E-state index in [4.69, 9.17) is 10.5 Å². The highest BCUT2D eigenvalue weighted by atomic mass is 16.5. The number of hydrogen-bond acceptors (Lipinski definition) is 3. The summed E-state index contributed by atoms with van der Waals surface area (Å²) < 4.78 is 5.64. The molecule has 1 aromatic heterocycles. The van der Waals surface area contributed by atoms with Gasteiger partial charge in [0.25, 0.3) is 0 Å². The molecule has 1 aliphatic rings. The SMILES string of the molecule is Nc1cccc(OCc2cc(C3CC3)n[nH]2)c1. The van der Waals surface area contributed by atoms with E-state index >= 15 is 0 Å². The predicted molar refractivity (Wildman–Crippen MR) is 65.7 cm³/mol. The van der Waals surface area contributed by atoms with E-state index in [0.29, 0.717) is 18.2 Å². The Morgan fingerprint density at radius 3 is 3.00 bits per heavy atom. The van der Waals surface area contributed by atoms with E-state index < -0.39 is 0 Å². The lowest BCUT2D eigenvalue weighted by molar-refractivity contribution is 0.301. The minimum Gasteiger partial charge on any atom is -0.487 e. The fraction of sp³-hybridized carbons (Fsp3) is 0.308. The standard InChI is InChI=1S/C13H15N3O/c14-10-2-1-3-12(6-10)17-8-11-7-13(16-15-11)9-4-5-9/h1-3,6-7,9H,4-5,8,14H2,(H,15,16). The average molecular weight is 229 g/mol. The number of aromatic amines is 1. The van der Waals surface area contributed by atoms with Crippen molar-refractivity contribution in [2.75, 3.05) is 5.73 Å². The van der Waals surface area contributed by atoms with Crippen molar-refractivity contribution < 1.29 is 4.74 Å². The molecule has 17 heavy (non-hydrogen) atoms. The summed E-state index contributed by atoms with van der Waals surface area (Å²) in [6, 6.07) is 9.53. The number of aromatic nitrogens is 2. The summed E-state index contributed by atoms with van der Waals surface area (Å²) >= 11 is 0. The van der Waals surface area contributed by atoms with Crippen LogP contribution in [0.3, 0.4) is 0 Å².